The summed E-state index contributed by atoms with van der Waals surface area (Å²) in [6, 6.07) is 25.5. The topological polar surface area (TPSA) is 107 Å². The maximum Gasteiger partial charge on any atom is 0.411 e. The summed E-state index contributed by atoms with van der Waals surface area (Å²) < 4.78 is 22.9. The van der Waals surface area contributed by atoms with Gasteiger partial charge in [-0.15, -0.1) is 0 Å². The second-order valence-electron chi connectivity index (χ2n) is 13.3. The van der Waals surface area contributed by atoms with Crippen LogP contribution in [0.4, 0.5) is 4.79 Å². The van der Waals surface area contributed by atoms with Gasteiger partial charge < -0.3 is 23.8 Å². The lowest BCUT2D eigenvalue weighted by Crippen LogP contribution is -2.72. The van der Waals surface area contributed by atoms with Gasteiger partial charge in [-0.1, -0.05) is 72.8 Å². The van der Waals surface area contributed by atoms with Crippen molar-refractivity contribution in [2.75, 3.05) is 20.2 Å². The van der Waals surface area contributed by atoms with Gasteiger partial charge in [0.2, 0.25) is 0 Å². The minimum atomic E-state index is -1.08. The molecule has 1 spiro atoms. The Hall–Kier alpha value is -4.41. The Kier molecular flexibility index (Phi) is 10.5. The zero-order valence-electron chi connectivity index (χ0n) is 27.8. The van der Waals surface area contributed by atoms with E-state index >= 15 is 0 Å². The Labute approximate surface area is 276 Å². The third kappa shape index (κ3) is 8.31. The van der Waals surface area contributed by atoms with Crippen LogP contribution in [-0.4, -0.2) is 77.3 Å². The van der Waals surface area contributed by atoms with E-state index < -0.39 is 41.4 Å². The summed E-state index contributed by atoms with van der Waals surface area (Å²) in [6.45, 7) is 8.58. The number of nitrogens with zero attached hydrogens (tertiary/aromatic N) is 2. The summed E-state index contributed by atoms with van der Waals surface area (Å²) in [5.41, 5.74) is 0.965. The van der Waals surface area contributed by atoms with Gasteiger partial charge in [0.05, 0.1) is 26.4 Å². The predicted octanol–water partition coefficient (Wildman–Crippen LogP) is 5.09. The smallest absolute Gasteiger partial charge is 0.411 e. The molecule has 2 amide bonds. The molecule has 0 aliphatic carbocycles. The van der Waals surface area contributed by atoms with Crippen LogP contribution >= 0.6 is 0 Å². The zero-order chi connectivity index (χ0) is 33.6. The van der Waals surface area contributed by atoms with Gasteiger partial charge in [0.15, 0.2) is 0 Å². The molecule has 2 aliphatic rings. The van der Waals surface area contributed by atoms with Crippen molar-refractivity contribution >= 4 is 18.0 Å². The molecule has 3 aromatic carbocycles. The molecular weight excluding hydrogens is 598 g/mol. The van der Waals surface area contributed by atoms with Crippen molar-refractivity contribution < 1.29 is 33.3 Å². The number of hydrogen-bond donors (Lipinski definition) is 1. The standard InChI is InChI=1S/C37H45N3O7/c1-26(45-23-28-12-8-6-9-13-28)32(33(41)46-24-29-14-10-7-11-15-29)38-30-20-37(40(22-30)35(43)47-36(2,3)4)25-39(34(37)42)21-27-16-18-31(44-5)19-17-27/h6-19,26,30,32,38H,20-25H2,1-5H3. The molecular formula is C37H45N3O7. The first kappa shape index (κ1) is 33.9. The van der Waals surface area contributed by atoms with Crippen LogP contribution < -0.4 is 10.1 Å². The summed E-state index contributed by atoms with van der Waals surface area (Å²) in [6.07, 6.45) is -0.817. The normalized spacial score (nSPS) is 20.4. The van der Waals surface area contributed by atoms with Gasteiger partial charge in [-0.05, 0) is 62.9 Å². The van der Waals surface area contributed by atoms with Gasteiger partial charge in [0, 0.05) is 19.1 Å². The number of carbonyl (C=O) groups is 3. The lowest BCUT2D eigenvalue weighted by molar-refractivity contribution is -0.161. The van der Waals surface area contributed by atoms with E-state index in [0.29, 0.717) is 26.1 Å². The molecule has 1 N–H and O–H groups in total. The largest absolute Gasteiger partial charge is 0.497 e. The van der Waals surface area contributed by atoms with Crippen LogP contribution in [0.3, 0.4) is 0 Å². The molecule has 10 nitrogen and oxygen atoms in total. The van der Waals surface area contributed by atoms with Crippen molar-refractivity contribution in [2.24, 2.45) is 0 Å². The number of methoxy groups -OCH3 is 1. The average molecular weight is 644 g/mol. The predicted molar refractivity (Wildman–Crippen MR) is 176 cm³/mol. The molecule has 2 saturated heterocycles. The number of hydrogen-bond acceptors (Lipinski definition) is 8. The number of nitrogens with one attached hydrogen (secondary N) is 1. The van der Waals surface area contributed by atoms with Gasteiger partial charge in [-0.2, -0.15) is 0 Å². The molecule has 3 aromatic rings. The number of ether oxygens (including phenoxy) is 4. The third-order valence-corrected chi connectivity index (χ3v) is 8.51. The fourth-order valence-electron chi connectivity index (χ4n) is 6.11. The second kappa shape index (κ2) is 14.6. The molecule has 5 rings (SSSR count). The maximum absolute atomic E-state index is 13.9. The van der Waals surface area contributed by atoms with E-state index in [0.717, 1.165) is 22.4 Å². The van der Waals surface area contributed by atoms with Crippen LogP contribution in [0, 0.1) is 0 Å². The van der Waals surface area contributed by atoms with Gasteiger partial charge in [0.25, 0.3) is 5.91 Å². The van der Waals surface area contributed by atoms with E-state index in [1.54, 1.807) is 32.8 Å². The number of carbonyl (C=O) groups excluding carboxylic acids is 3. The SMILES string of the molecule is COc1ccc(CN2CC3(CC(NC(C(=O)OCc4ccccc4)C(C)OCc4ccccc4)CN3C(=O)OC(C)(C)C)C2=O)cc1. The lowest BCUT2D eigenvalue weighted by Gasteiger charge is -2.50. The minimum Gasteiger partial charge on any atom is -0.497 e. The minimum absolute atomic E-state index is 0.112. The van der Waals surface area contributed by atoms with Crippen molar-refractivity contribution in [1.29, 1.82) is 0 Å². The van der Waals surface area contributed by atoms with Gasteiger partial charge in [-0.25, -0.2) is 4.79 Å². The van der Waals surface area contributed by atoms with E-state index in [2.05, 4.69) is 5.32 Å². The highest BCUT2D eigenvalue weighted by Crippen LogP contribution is 2.41. The second-order valence-corrected chi connectivity index (χ2v) is 13.3. The molecule has 47 heavy (non-hydrogen) atoms. The summed E-state index contributed by atoms with van der Waals surface area (Å²) >= 11 is 0. The number of likely N-dealkylation sites (tertiary alicyclic amines) is 2. The van der Waals surface area contributed by atoms with Crippen molar-refractivity contribution in [2.45, 2.75) is 83.2 Å². The van der Waals surface area contributed by atoms with Crippen LogP contribution in [0.15, 0.2) is 84.9 Å². The van der Waals surface area contributed by atoms with E-state index in [-0.39, 0.29) is 19.1 Å². The molecule has 0 saturated carbocycles. The maximum atomic E-state index is 13.9. The summed E-state index contributed by atoms with van der Waals surface area (Å²) in [4.78, 5) is 44.3. The molecule has 2 fully saturated rings. The molecule has 10 heteroatoms. The fraction of sp³-hybridized carbons (Fsp3) is 0.432. The van der Waals surface area contributed by atoms with Crippen molar-refractivity contribution in [3.63, 3.8) is 0 Å². The highest BCUT2D eigenvalue weighted by molar-refractivity contribution is 5.96. The Bertz CT molecular complexity index is 1510. The van der Waals surface area contributed by atoms with Crippen LogP contribution in [0.1, 0.15) is 50.8 Å². The van der Waals surface area contributed by atoms with Crippen LogP contribution in [0.2, 0.25) is 0 Å². The number of rotatable bonds is 12. The van der Waals surface area contributed by atoms with Gasteiger partial charge in [0.1, 0.15) is 29.5 Å². The number of amides is 2. The number of β-lactam (4-membered cyclic amide) rings is 1. The van der Waals surface area contributed by atoms with Crippen molar-refractivity contribution in [1.82, 2.24) is 15.1 Å². The fourth-order valence-corrected chi connectivity index (χ4v) is 6.11. The highest BCUT2D eigenvalue weighted by Gasteiger charge is 2.63. The van der Waals surface area contributed by atoms with E-state index in [4.69, 9.17) is 18.9 Å². The molecule has 250 valence electrons. The zero-order valence-corrected chi connectivity index (χ0v) is 27.8. The molecule has 0 bridgehead atoms. The van der Waals surface area contributed by atoms with Crippen molar-refractivity contribution in [3.05, 3.63) is 102 Å². The lowest BCUT2D eigenvalue weighted by atomic mass is 9.84. The van der Waals surface area contributed by atoms with Gasteiger partial charge in [-0.3, -0.25) is 19.8 Å². The van der Waals surface area contributed by atoms with Crippen LogP contribution in [0.5, 0.6) is 5.75 Å². The van der Waals surface area contributed by atoms with E-state index in [1.165, 1.54) is 4.90 Å². The molecule has 4 unspecified atom stereocenters. The first-order valence-electron chi connectivity index (χ1n) is 16.0. The molecule has 0 radical (unpaired) electrons. The molecule has 0 aromatic heterocycles. The van der Waals surface area contributed by atoms with Crippen molar-refractivity contribution in [3.8, 4) is 5.75 Å². The number of benzene rings is 3. The quantitative estimate of drug-likeness (QED) is 0.215. The summed E-state index contributed by atoms with van der Waals surface area (Å²) in [5, 5.41) is 3.42. The Morgan fingerprint density at radius 1 is 0.915 bits per heavy atom. The average Bonchev–Trinajstić information content (AvgIpc) is 3.46. The van der Waals surface area contributed by atoms with Crippen LogP contribution in [-0.2, 0) is 43.6 Å². The van der Waals surface area contributed by atoms with E-state index in [1.807, 2.05) is 91.9 Å². The Balaban J connectivity index is 1.33. The van der Waals surface area contributed by atoms with E-state index in [9.17, 15) is 14.4 Å². The molecule has 2 aliphatic heterocycles. The highest BCUT2D eigenvalue weighted by atomic mass is 16.6. The Morgan fingerprint density at radius 2 is 1.53 bits per heavy atom. The first-order chi connectivity index (χ1) is 22.5. The molecule has 4 atom stereocenters. The van der Waals surface area contributed by atoms with Crippen LogP contribution in [0.25, 0.3) is 0 Å². The molecule has 2 heterocycles. The van der Waals surface area contributed by atoms with Gasteiger partial charge >= 0.3 is 12.1 Å². The monoisotopic (exact) mass is 643 g/mol. The summed E-state index contributed by atoms with van der Waals surface area (Å²) in [5.74, 6) is 0.111. The first-order valence-corrected chi connectivity index (χ1v) is 16.0. The Morgan fingerprint density at radius 3 is 2.11 bits per heavy atom. The summed E-state index contributed by atoms with van der Waals surface area (Å²) in [7, 11) is 1.61. The third-order valence-electron chi connectivity index (χ3n) is 8.51. The number of esters is 1.